The highest BCUT2D eigenvalue weighted by molar-refractivity contribution is 9.12. The van der Waals surface area contributed by atoms with Gasteiger partial charge in [-0.25, -0.2) is 4.79 Å². The molecule has 0 aromatic heterocycles. The van der Waals surface area contributed by atoms with Crippen LogP contribution in [0.4, 0.5) is 0 Å². The average molecular weight is 237 g/mol. The summed E-state index contributed by atoms with van der Waals surface area (Å²) in [5, 5.41) is 8.63. The Balaban J connectivity index is 2.62. The summed E-state index contributed by atoms with van der Waals surface area (Å²) >= 11 is 4.90. The van der Waals surface area contributed by atoms with Crippen molar-refractivity contribution in [1.82, 2.24) is 0 Å². The van der Waals surface area contributed by atoms with E-state index in [0.29, 0.717) is 4.91 Å². The molecule has 11 heavy (non-hydrogen) atoms. The van der Waals surface area contributed by atoms with Crippen LogP contribution in [0.25, 0.3) is 0 Å². The standard InChI is InChI=1S/C7H9BrO2S/c1-2-7(8)4-3-5(11-7)6(9)10/h3H,2,4H2,1H3,(H,9,10). The van der Waals surface area contributed by atoms with Gasteiger partial charge in [0.15, 0.2) is 0 Å². The number of carboxylic acid groups (broad SMARTS) is 1. The summed E-state index contributed by atoms with van der Waals surface area (Å²) in [4.78, 5) is 11.0. The van der Waals surface area contributed by atoms with Crippen LogP contribution in [0.5, 0.6) is 0 Å². The molecule has 1 N–H and O–H groups in total. The molecule has 4 heteroatoms. The normalized spacial score (nSPS) is 30.2. The monoisotopic (exact) mass is 236 g/mol. The van der Waals surface area contributed by atoms with Crippen LogP contribution in [0.15, 0.2) is 11.0 Å². The molecule has 1 heterocycles. The fourth-order valence-corrected chi connectivity index (χ4v) is 2.52. The molecule has 0 bridgehead atoms. The van der Waals surface area contributed by atoms with Crippen molar-refractivity contribution in [3.63, 3.8) is 0 Å². The van der Waals surface area contributed by atoms with Gasteiger partial charge in [0.1, 0.15) is 0 Å². The lowest BCUT2D eigenvalue weighted by molar-refractivity contribution is -0.131. The van der Waals surface area contributed by atoms with Crippen LogP contribution in [0.1, 0.15) is 19.8 Å². The number of aliphatic carboxylic acids is 1. The third-order valence-corrected chi connectivity index (χ3v) is 4.38. The Hall–Kier alpha value is 0.0400. The fourth-order valence-electron chi connectivity index (χ4n) is 0.873. The number of hydrogen-bond acceptors (Lipinski definition) is 2. The number of carbonyl (C=O) groups is 1. The lowest BCUT2D eigenvalue weighted by Crippen LogP contribution is -2.09. The molecular weight excluding hydrogens is 228 g/mol. The fraction of sp³-hybridized carbons (Fsp3) is 0.571. The molecule has 0 saturated carbocycles. The number of alkyl halides is 1. The Labute approximate surface area is 78.2 Å². The van der Waals surface area contributed by atoms with Crippen molar-refractivity contribution < 1.29 is 9.90 Å². The van der Waals surface area contributed by atoms with Gasteiger partial charge < -0.3 is 5.11 Å². The SMILES string of the molecule is CCC1(Br)CC=C(C(=O)O)S1. The lowest BCUT2D eigenvalue weighted by Gasteiger charge is -2.17. The van der Waals surface area contributed by atoms with Gasteiger partial charge in [-0.05, 0) is 12.8 Å². The summed E-state index contributed by atoms with van der Waals surface area (Å²) in [5.41, 5.74) is 0. The number of thioether (sulfide) groups is 1. The summed E-state index contributed by atoms with van der Waals surface area (Å²) in [7, 11) is 0. The maximum atomic E-state index is 10.5. The topological polar surface area (TPSA) is 37.3 Å². The summed E-state index contributed by atoms with van der Waals surface area (Å²) in [5.74, 6) is -0.815. The third-order valence-electron chi connectivity index (χ3n) is 1.62. The predicted molar refractivity (Wildman–Crippen MR) is 49.9 cm³/mol. The minimum Gasteiger partial charge on any atom is -0.477 e. The van der Waals surface area contributed by atoms with Crippen molar-refractivity contribution in [1.29, 1.82) is 0 Å². The molecule has 0 saturated heterocycles. The van der Waals surface area contributed by atoms with Gasteiger partial charge in [0.25, 0.3) is 0 Å². The Morgan fingerprint density at radius 3 is 2.91 bits per heavy atom. The second-order valence-corrected chi connectivity index (χ2v) is 5.88. The van der Waals surface area contributed by atoms with Crippen LogP contribution >= 0.6 is 27.7 Å². The first-order chi connectivity index (χ1) is 5.07. The zero-order valence-electron chi connectivity index (χ0n) is 6.13. The first-order valence-corrected chi connectivity index (χ1v) is 5.00. The van der Waals surface area contributed by atoms with Gasteiger partial charge in [0.05, 0.1) is 8.56 Å². The molecule has 0 amide bonds. The average Bonchev–Trinajstić information content (AvgIpc) is 2.33. The minimum absolute atomic E-state index is 0.0548. The number of carboxylic acids is 1. The van der Waals surface area contributed by atoms with Crippen molar-refractivity contribution in [3.05, 3.63) is 11.0 Å². The number of hydrogen-bond donors (Lipinski definition) is 1. The lowest BCUT2D eigenvalue weighted by atomic mass is 10.2. The number of rotatable bonds is 2. The summed E-state index contributed by atoms with van der Waals surface area (Å²) in [6.07, 6.45) is 3.51. The molecule has 0 radical (unpaired) electrons. The van der Waals surface area contributed by atoms with Gasteiger partial charge in [-0.3, -0.25) is 0 Å². The van der Waals surface area contributed by atoms with E-state index in [0.717, 1.165) is 12.8 Å². The van der Waals surface area contributed by atoms with Gasteiger partial charge in [-0.15, -0.1) is 11.8 Å². The van der Waals surface area contributed by atoms with Crippen LogP contribution in [0.3, 0.4) is 0 Å². The van der Waals surface area contributed by atoms with E-state index in [2.05, 4.69) is 15.9 Å². The highest BCUT2D eigenvalue weighted by atomic mass is 79.9. The first kappa shape index (κ1) is 9.13. The van der Waals surface area contributed by atoms with Crippen LogP contribution in [-0.4, -0.2) is 14.7 Å². The van der Waals surface area contributed by atoms with Crippen LogP contribution in [0.2, 0.25) is 0 Å². The zero-order chi connectivity index (χ0) is 8.48. The van der Waals surface area contributed by atoms with Gasteiger partial charge in [-0.2, -0.15) is 0 Å². The van der Waals surface area contributed by atoms with Gasteiger partial charge in [0, 0.05) is 0 Å². The largest absolute Gasteiger partial charge is 0.477 e. The van der Waals surface area contributed by atoms with Crippen molar-refractivity contribution >= 4 is 33.7 Å². The first-order valence-electron chi connectivity index (χ1n) is 3.39. The molecule has 1 aliphatic heterocycles. The molecule has 1 aliphatic rings. The van der Waals surface area contributed by atoms with E-state index in [9.17, 15) is 4.79 Å². The Kier molecular flexibility index (Phi) is 2.65. The molecule has 1 unspecified atom stereocenters. The summed E-state index contributed by atoms with van der Waals surface area (Å²) < 4.78 is -0.0548. The van der Waals surface area contributed by atoms with Gasteiger partial charge in [-0.1, -0.05) is 28.9 Å². The molecule has 1 atom stereocenters. The smallest absolute Gasteiger partial charge is 0.341 e. The van der Waals surface area contributed by atoms with E-state index in [1.54, 1.807) is 6.08 Å². The molecule has 0 aromatic carbocycles. The van der Waals surface area contributed by atoms with E-state index in [1.807, 2.05) is 6.92 Å². The molecule has 0 aliphatic carbocycles. The third kappa shape index (κ3) is 1.99. The second-order valence-electron chi connectivity index (χ2n) is 2.42. The highest BCUT2D eigenvalue weighted by Crippen LogP contribution is 2.48. The second kappa shape index (κ2) is 3.19. The molecule has 1 rings (SSSR count). The van der Waals surface area contributed by atoms with Crippen LogP contribution < -0.4 is 0 Å². The van der Waals surface area contributed by atoms with E-state index in [4.69, 9.17) is 5.11 Å². The van der Waals surface area contributed by atoms with E-state index in [1.165, 1.54) is 11.8 Å². The molecule has 62 valence electrons. The summed E-state index contributed by atoms with van der Waals surface area (Å²) in [6.45, 7) is 2.04. The quantitative estimate of drug-likeness (QED) is 0.750. The van der Waals surface area contributed by atoms with Crippen molar-refractivity contribution in [2.75, 3.05) is 0 Å². The van der Waals surface area contributed by atoms with E-state index >= 15 is 0 Å². The molecule has 0 fully saturated rings. The maximum absolute atomic E-state index is 10.5. The van der Waals surface area contributed by atoms with E-state index < -0.39 is 5.97 Å². The van der Waals surface area contributed by atoms with Gasteiger partial charge in [0.2, 0.25) is 0 Å². The molecule has 2 nitrogen and oxygen atoms in total. The Morgan fingerprint density at radius 1 is 2.00 bits per heavy atom. The number of halogens is 1. The molecular formula is C7H9BrO2S. The van der Waals surface area contributed by atoms with Gasteiger partial charge >= 0.3 is 5.97 Å². The van der Waals surface area contributed by atoms with Crippen LogP contribution in [-0.2, 0) is 4.79 Å². The van der Waals surface area contributed by atoms with Crippen molar-refractivity contribution in [3.8, 4) is 0 Å². The highest BCUT2D eigenvalue weighted by Gasteiger charge is 2.33. The predicted octanol–water partition coefficient (Wildman–Crippen LogP) is 2.59. The Morgan fingerprint density at radius 2 is 2.64 bits per heavy atom. The minimum atomic E-state index is -0.815. The van der Waals surface area contributed by atoms with Crippen LogP contribution in [0, 0.1) is 0 Å². The molecule has 0 aromatic rings. The number of allylic oxidation sites excluding steroid dienone is 1. The molecule has 0 spiro atoms. The van der Waals surface area contributed by atoms with E-state index in [-0.39, 0.29) is 3.66 Å². The van der Waals surface area contributed by atoms with Crippen molar-refractivity contribution in [2.45, 2.75) is 23.4 Å². The Bertz CT molecular complexity index is 214. The summed E-state index contributed by atoms with van der Waals surface area (Å²) in [6, 6.07) is 0. The maximum Gasteiger partial charge on any atom is 0.341 e. The van der Waals surface area contributed by atoms with Crippen molar-refractivity contribution in [2.24, 2.45) is 0 Å². The zero-order valence-corrected chi connectivity index (χ0v) is 8.54.